The molecule has 0 atom stereocenters. The topological polar surface area (TPSA) is 17.8 Å². The van der Waals surface area contributed by atoms with Gasteiger partial charge in [-0.2, -0.15) is 0 Å². The Morgan fingerprint density at radius 2 is 2.07 bits per heavy atom. The molecule has 1 aliphatic carbocycles. The van der Waals surface area contributed by atoms with E-state index in [9.17, 15) is 0 Å². The van der Waals surface area contributed by atoms with Crippen molar-refractivity contribution in [1.29, 1.82) is 0 Å². The molecule has 0 saturated carbocycles. The van der Waals surface area contributed by atoms with Gasteiger partial charge >= 0.3 is 0 Å². The maximum absolute atomic E-state index is 4.39. The summed E-state index contributed by atoms with van der Waals surface area (Å²) in [6, 6.07) is 4.41. The van der Waals surface area contributed by atoms with Crippen LogP contribution in [0.2, 0.25) is 0 Å². The van der Waals surface area contributed by atoms with Crippen LogP contribution in [-0.4, -0.2) is 9.55 Å². The lowest BCUT2D eigenvalue weighted by atomic mass is 9.91. The van der Waals surface area contributed by atoms with Crippen LogP contribution in [0.25, 0.3) is 11.0 Å². The predicted molar refractivity (Wildman–Crippen MR) is 57.4 cm³/mol. The average molecular weight is 186 g/mol. The first-order chi connectivity index (χ1) is 6.86. The van der Waals surface area contributed by atoms with Crippen molar-refractivity contribution in [2.45, 2.75) is 25.7 Å². The molecule has 2 aromatic rings. The molecule has 2 heteroatoms. The van der Waals surface area contributed by atoms with Crippen LogP contribution in [0.5, 0.6) is 0 Å². The van der Waals surface area contributed by atoms with E-state index in [-0.39, 0.29) is 0 Å². The largest absolute Gasteiger partial charge is 0.333 e. The molecule has 14 heavy (non-hydrogen) atoms. The minimum Gasteiger partial charge on any atom is -0.333 e. The van der Waals surface area contributed by atoms with Gasteiger partial charge in [-0.3, -0.25) is 0 Å². The lowest BCUT2D eigenvalue weighted by Crippen LogP contribution is -2.04. The molecule has 0 unspecified atom stereocenters. The lowest BCUT2D eigenvalue weighted by Gasteiger charge is -2.16. The summed E-state index contributed by atoms with van der Waals surface area (Å²) < 4.78 is 2.15. The third-order valence-electron chi connectivity index (χ3n) is 3.20. The minimum atomic E-state index is 1.15. The van der Waals surface area contributed by atoms with Gasteiger partial charge in [-0.1, -0.05) is 6.07 Å². The Kier molecular flexibility index (Phi) is 1.63. The van der Waals surface area contributed by atoms with Gasteiger partial charge in [0.25, 0.3) is 0 Å². The molecule has 0 saturated heterocycles. The molecule has 0 aliphatic heterocycles. The first-order valence-corrected chi connectivity index (χ1v) is 5.28. The van der Waals surface area contributed by atoms with Gasteiger partial charge in [-0.05, 0) is 42.9 Å². The fourth-order valence-corrected chi connectivity index (χ4v) is 2.50. The van der Waals surface area contributed by atoms with Crippen molar-refractivity contribution in [2.75, 3.05) is 0 Å². The summed E-state index contributed by atoms with van der Waals surface area (Å²) in [5, 5.41) is 0. The van der Waals surface area contributed by atoms with Crippen LogP contribution < -0.4 is 0 Å². The Balaban J connectivity index is 2.38. The molecule has 1 aromatic carbocycles. The monoisotopic (exact) mass is 186 g/mol. The number of rotatable bonds is 0. The van der Waals surface area contributed by atoms with Crippen molar-refractivity contribution in [3.63, 3.8) is 0 Å². The van der Waals surface area contributed by atoms with E-state index in [1.54, 1.807) is 0 Å². The predicted octanol–water partition coefficient (Wildman–Crippen LogP) is 2.45. The van der Waals surface area contributed by atoms with Gasteiger partial charge < -0.3 is 4.57 Å². The molecule has 2 nitrogen and oxygen atoms in total. The molecule has 0 radical (unpaired) electrons. The molecule has 0 amide bonds. The second-order valence-corrected chi connectivity index (χ2v) is 4.13. The summed E-state index contributed by atoms with van der Waals surface area (Å²) >= 11 is 0. The zero-order valence-corrected chi connectivity index (χ0v) is 8.45. The number of hydrogen-bond acceptors (Lipinski definition) is 1. The quantitative estimate of drug-likeness (QED) is 0.618. The number of nitrogens with zero attached hydrogens (tertiary/aromatic N) is 2. The SMILES string of the molecule is Cn1cnc2ccc3c(c21)CCCC3. The zero-order chi connectivity index (χ0) is 9.54. The van der Waals surface area contributed by atoms with E-state index in [2.05, 4.69) is 28.7 Å². The van der Waals surface area contributed by atoms with Gasteiger partial charge in [-0.25, -0.2) is 4.98 Å². The number of benzene rings is 1. The standard InChI is InChI=1S/C12H14N2/c1-14-8-13-11-7-6-9-4-2-3-5-10(9)12(11)14/h6-8H,2-5H2,1H3. The summed E-state index contributed by atoms with van der Waals surface area (Å²) in [7, 11) is 2.09. The van der Waals surface area contributed by atoms with Gasteiger partial charge in [0.1, 0.15) is 0 Å². The first-order valence-electron chi connectivity index (χ1n) is 5.28. The molecule has 1 aliphatic rings. The van der Waals surface area contributed by atoms with E-state index in [0.717, 1.165) is 5.52 Å². The normalized spacial score (nSPS) is 15.8. The maximum atomic E-state index is 4.39. The summed E-state index contributed by atoms with van der Waals surface area (Å²) in [5.74, 6) is 0. The fourth-order valence-electron chi connectivity index (χ4n) is 2.50. The minimum absolute atomic E-state index is 1.15. The number of aromatic nitrogens is 2. The maximum Gasteiger partial charge on any atom is 0.0955 e. The van der Waals surface area contributed by atoms with Crippen molar-refractivity contribution in [3.8, 4) is 0 Å². The second kappa shape index (κ2) is 2.84. The average Bonchev–Trinajstić information content (AvgIpc) is 2.61. The summed E-state index contributed by atoms with van der Waals surface area (Å²) in [4.78, 5) is 4.39. The lowest BCUT2D eigenvalue weighted by molar-refractivity contribution is 0.687. The highest BCUT2D eigenvalue weighted by atomic mass is 15.0. The van der Waals surface area contributed by atoms with Crippen LogP contribution in [0.1, 0.15) is 24.0 Å². The van der Waals surface area contributed by atoms with E-state index in [1.807, 2.05) is 6.33 Å². The van der Waals surface area contributed by atoms with Crippen molar-refractivity contribution in [2.24, 2.45) is 7.05 Å². The second-order valence-electron chi connectivity index (χ2n) is 4.13. The van der Waals surface area contributed by atoms with Gasteiger partial charge in [-0.15, -0.1) is 0 Å². The summed E-state index contributed by atoms with van der Waals surface area (Å²) in [6.45, 7) is 0. The Hall–Kier alpha value is -1.31. The van der Waals surface area contributed by atoms with Gasteiger partial charge in [0.05, 0.1) is 17.4 Å². The number of aryl methyl sites for hydroxylation is 3. The van der Waals surface area contributed by atoms with E-state index in [1.165, 1.54) is 42.3 Å². The van der Waals surface area contributed by atoms with Crippen LogP contribution in [0, 0.1) is 0 Å². The molecule has 3 rings (SSSR count). The van der Waals surface area contributed by atoms with Gasteiger partial charge in [0, 0.05) is 7.05 Å². The summed E-state index contributed by atoms with van der Waals surface area (Å²) in [5.41, 5.74) is 5.57. The Morgan fingerprint density at radius 1 is 1.21 bits per heavy atom. The molecular weight excluding hydrogens is 172 g/mol. The molecule has 0 fully saturated rings. The molecule has 1 aromatic heterocycles. The fraction of sp³-hybridized carbons (Fsp3) is 0.417. The molecule has 0 spiro atoms. The first kappa shape index (κ1) is 8.04. The third-order valence-corrected chi connectivity index (χ3v) is 3.20. The van der Waals surface area contributed by atoms with E-state index < -0.39 is 0 Å². The molecule has 0 bridgehead atoms. The molecule has 72 valence electrons. The van der Waals surface area contributed by atoms with Crippen molar-refractivity contribution < 1.29 is 0 Å². The van der Waals surface area contributed by atoms with Crippen molar-refractivity contribution in [3.05, 3.63) is 29.6 Å². The van der Waals surface area contributed by atoms with Gasteiger partial charge in [0.15, 0.2) is 0 Å². The Morgan fingerprint density at radius 3 is 3.00 bits per heavy atom. The van der Waals surface area contributed by atoms with Crippen molar-refractivity contribution >= 4 is 11.0 Å². The molecule has 0 N–H and O–H groups in total. The highest BCUT2D eigenvalue weighted by Gasteiger charge is 2.14. The number of imidazole rings is 1. The van der Waals surface area contributed by atoms with E-state index >= 15 is 0 Å². The van der Waals surface area contributed by atoms with E-state index in [0.29, 0.717) is 0 Å². The van der Waals surface area contributed by atoms with Crippen LogP contribution >= 0.6 is 0 Å². The highest BCUT2D eigenvalue weighted by Crippen LogP contribution is 2.27. The van der Waals surface area contributed by atoms with Crippen LogP contribution in [0.15, 0.2) is 18.5 Å². The molecular formula is C12H14N2. The van der Waals surface area contributed by atoms with Gasteiger partial charge in [0.2, 0.25) is 0 Å². The van der Waals surface area contributed by atoms with Crippen LogP contribution in [0.4, 0.5) is 0 Å². The summed E-state index contributed by atoms with van der Waals surface area (Å²) in [6.07, 6.45) is 7.07. The molecule has 1 heterocycles. The highest BCUT2D eigenvalue weighted by molar-refractivity contribution is 5.80. The van der Waals surface area contributed by atoms with Crippen LogP contribution in [0.3, 0.4) is 0 Å². The zero-order valence-electron chi connectivity index (χ0n) is 8.45. The van der Waals surface area contributed by atoms with Crippen LogP contribution in [-0.2, 0) is 19.9 Å². The van der Waals surface area contributed by atoms with Crippen molar-refractivity contribution in [1.82, 2.24) is 9.55 Å². The third kappa shape index (κ3) is 0.999. The number of hydrogen-bond donors (Lipinski definition) is 0. The van der Waals surface area contributed by atoms with E-state index in [4.69, 9.17) is 0 Å². The number of fused-ring (bicyclic) bond motifs is 3. The Labute approximate surface area is 83.6 Å². The smallest absolute Gasteiger partial charge is 0.0955 e. The Bertz CT molecular complexity index is 482.